The normalized spacial score (nSPS) is 22.8. The van der Waals surface area contributed by atoms with Crippen molar-refractivity contribution in [2.24, 2.45) is 5.92 Å². The van der Waals surface area contributed by atoms with Crippen molar-refractivity contribution in [3.05, 3.63) is 35.5 Å². The highest BCUT2D eigenvalue weighted by Gasteiger charge is 2.29. The van der Waals surface area contributed by atoms with Gasteiger partial charge in [-0.1, -0.05) is 17.7 Å². The van der Waals surface area contributed by atoms with Crippen LogP contribution < -0.4 is 16.0 Å². The summed E-state index contributed by atoms with van der Waals surface area (Å²) < 4.78 is 11.7. The van der Waals surface area contributed by atoms with E-state index in [0.29, 0.717) is 54.2 Å². The standard InChI is InChI=1S/C23H30ClN5O3/c1-23(2)14-31-13-16(32-23)11-26-20-7-3-6-19(28-20)17-9-21(27-12-18(17)24)29-22(30)15-5-4-8-25-10-15/h3,6-7,9,12,15-16,25H,4-5,8,10-11,13-14H2,1-2H3,(H,26,28)(H,27,29,30)/t15-,16+/m1/s1. The fourth-order valence-corrected chi connectivity index (χ4v) is 4.16. The minimum absolute atomic E-state index is 0.0287. The van der Waals surface area contributed by atoms with E-state index in [2.05, 4.69) is 20.9 Å². The van der Waals surface area contributed by atoms with Gasteiger partial charge in [0.1, 0.15) is 11.6 Å². The predicted molar refractivity (Wildman–Crippen MR) is 125 cm³/mol. The molecule has 2 aromatic rings. The molecule has 0 unspecified atom stereocenters. The Morgan fingerprint density at radius 2 is 2.22 bits per heavy atom. The van der Waals surface area contributed by atoms with E-state index in [9.17, 15) is 4.79 Å². The number of piperidine rings is 1. The van der Waals surface area contributed by atoms with Gasteiger partial charge in [0, 0.05) is 24.8 Å². The zero-order chi connectivity index (χ0) is 22.6. The summed E-state index contributed by atoms with van der Waals surface area (Å²) in [6.07, 6.45) is 3.37. The molecule has 0 bridgehead atoms. The van der Waals surface area contributed by atoms with Crippen LogP contribution in [0.1, 0.15) is 26.7 Å². The Bertz CT molecular complexity index is 949. The lowest BCUT2D eigenvalue weighted by Crippen LogP contribution is -2.45. The van der Waals surface area contributed by atoms with E-state index < -0.39 is 0 Å². The van der Waals surface area contributed by atoms with E-state index in [0.717, 1.165) is 19.4 Å². The number of nitrogens with one attached hydrogen (secondary N) is 3. The smallest absolute Gasteiger partial charge is 0.229 e. The van der Waals surface area contributed by atoms with Crippen molar-refractivity contribution >= 4 is 29.1 Å². The van der Waals surface area contributed by atoms with E-state index >= 15 is 0 Å². The van der Waals surface area contributed by atoms with Crippen molar-refractivity contribution in [1.29, 1.82) is 0 Å². The zero-order valence-corrected chi connectivity index (χ0v) is 19.2. The number of aromatic nitrogens is 2. The Labute approximate surface area is 193 Å². The Morgan fingerprint density at radius 3 is 3.00 bits per heavy atom. The van der Waals surface area contributed by atoms with Crippen LogP contribution in [0.3, 0.4) is 0 Å². The van der Waals surface area contributed by atoms with Crippen LogP contribution in [0.4, 0.5) is 11.6 Å². The molecular weight excluding hydrogens is 430 g/mol. The molecule has 2 aromatic heterocycles. The monoisotopic (exact) mass is 459 g/mol. The maximum atomic E-state index is 12.6. The molecule has 2 atom stereocenters. The van der Waals surface area contributed by atoms with Crippen molar-refractivity contribution in [3.63, 3.8) is 0 Å². The van der Waals surface area contributed by atoms with Crippen LogP contribution in [0, 0.1) is 5.92 Å². The molecule has 2 fully saturated rings. The summed E-state index contributed by atoms with van der Waals surface area (Å²) in [7, 11) is 0. The molecule has 9 heteroatoms. The first kappa shape index (κ1) is 22.9. The van der Waals surface area contributed by atoms with Crippen molar-refractivity contribution in [2.75, 3.05) is 43.5 Å². The Hall–Kier alpha value is -2.26. The highest BCUT2D eigenvalue weighted by molar-refractivity contribution is 6.33. The van der Waals surface area contributed by atoms with Gasteiger partial charge < -0.3 is 25.4 Å². The Balaban J connectivity index is 1.43. The third-order valence-electron chi connectivity index (χ3n) is 5.55. The fourth-order valence-electron chi connectivity index (χ4n) is 3.96. The number of carbonyl (C=O) groups excluding carboxylic acids is 1. The fraction of sp³-hybridized carbons (Fsp3) is 0.522. The van der Waals surface area contributed by atoms with E-state index in [-0.39, 0.29) is 23.5 Å². The highest BCUT2D eigenvalue weighted by atomic mass is 35.5. The van der Waals surface area contributed by atoms with Gasteiger partial charge in [-0.2, -0.15) is 0 Å². The van der Waals surface area contributed by atoms with Crippen LogP contribution >= 0.6 is 11.6 Å². The second-order valence-electron chi connectivity index (χ2n) is 8.89. The van der Waals surface area contributed by atoms with E-state index in [1.807, 2.05) is 32.0 Å². The quantitative estimate of drug-likeness (QED) is 0.609. The van der Waals surface area contributed by atoms with Crippen LogP contribution in [0.15, 0.2) is 30.5 Å². The number of hydrogen-bond acceptors (Lipinski definition) is 7. The maximum absolute atomic E-state index is 12.6. The zero-order valence-electron chi connectivity index (χ0n) is 18.5. The van der Waals surface area contributed by atoms with Gasteiger partial charge in [-0.3, -0.25) is 4.79 Å². The lowest BCUT2D eigenvalue weighted by molar-refractivity contribution is -0.177. The van der Waals surface area contributed by atoms with Crippen LogP contribution in [0.25, 0.3) is 11.3 Å². The molecule has 2 saturated heterocycles. The SMILES string of the molecule is CC1(C)COC[C@H](CNc2cccc(-c3cc(NC(=O)[C@@H]4CCCNC4)ncc3Cl)n2)O1. The van der Waals surface area contributed by atoms with Crippen LogP contribution in [-0.2, 0) is 14.3 Å². The van der Waals surface area contributed by atoms with Gasteiger partial charge >= 0.3 is 0 Å². The topological polar surface area (TPSA) is 97.4 Å². The second kappa shape index (κ2) is 10.1. The Morgan fingerprint density at radius 1 is 1.34 bits per heavy atom. The van der Waals surface area contributed by atoms with Gasteiger partial charge in [0.2, 0.25) is 5.91 Å². The molecule has 8 nitrogen and oxygen atoms in total. The molecule has 0 radical (unpaired) electrons. The molecule has 0 aliphatic carbocycles. The summed E-state index contributed by atoms with van der Waals surface area (Å²) in [5.41, 5.74) is 1.11. The van der Waals surface area contributed by atoms with E-state index in [4.69, 9.17) is 26.1 Å². The highest BCUT2D eigenvalue weighted by Crippen LogP contribution is 2.29. The second-order valence-corrected chi connectivity index (χ2v) is 9.29. The molecule has 0 spiro atoms. The molecule has 2 aliphatic heterocycles. The van der Waals surface area contributed by atoms with Crippen LogP contribution in [0.5, 0.6) is 0 Å². The van der Waals surface area contributed by atoms with Gasteiger partial charge in [-0.25, -0.2) is 9.97 Å². The molecule has 172 valence electrons. The van der Waals surface area contributed by atoms with Gasteiger partial charge in [-0.05, 0) is 51.4 Å². The number of halogens is 1. The minimum Gasteiger partial charge on any atom is -0.376 e. The van der Waals surface area contributed by atoms with Gasteiger partial charge in [-0.15, -0.1) is 0 Å². The van der Waals surface area contributed by atoms with Crippen LogP contribution in [-0.4, -0.2) is 60.4 Å². The molecule has 32 heavy (non-hydrogen) atoms. The maximum Gasteiger partial charge on any atom is 0.229 e. The third kappa shape index (κ3) is 5.95. The van der Waals surface area contributed by atoms with Crippen molar-refractivity contribution in [2.45, 2.75) is 38.4 Å². The summed E-state index contributed by atoms with van der Waals surface area (Å²) in [5, 5.41) is 9.97. The number of pyridine rings is 2. The summed E-state index contributed by atoms with van der Waals surface area (Å²) >= 11 is 6.42. The van der Waals surface area contributed by atoms with E-state index in [1.165, 1.54) is 0 Å². The largest absolute Gasteiger partial charge is 0.376 e. The molecule has 4 heterocycles. The average molecular weight is 460 g/mol. The number of nitrogens with zero attached hydrogens (tertiary/aromatic N) is 2. The van der Waals surface area contributed by atoms with Gasteiger partial charge in [0.25, 0.3) is 0 Å². The first-order valence-electron chi connectivity index (χ1n) is 11.0. The molecule has 3 N–H and O–H groups in total. The first-order valence-corrected chi connectivity index (χ1v) is 11.4. The van der Waals surface area contributed by atoms with Gasteiger partial charge in [0.05, 0.1) is 41.6 Å². The molecule has 0 saturated carbocycles. The Kier molecular flexibility index (Phi) is 7.25. The molecule has 0 aromatic carbocycles. The van der Waals surface area contributed by atoms with E-state index in [1.54, 1.807) is 12.3 Å². The third-order valence-corrected chi connectivity index (χ3v) is 5.85. The van der Waals surface area contributed by atoms with Crippen molar-refractivity contribution in [3.8, 4) is 11.3 Å². The van der Waals surface area contributed by atoms with Crippen LogP contribution in [0.2, 0.25) is 5.02 Å². The van der Waals surface area contributed by atoms with Crippen molar-refractivity contribution in [1.82, 2.24) is 15.3 Å². The number of rotatable bonds is 6. The van der Waals surface area contributed by atoms with Gasteiger partial charge in [0.15, 0.2) is 0 Å². The molecular formula is C23H30ClN5O3. The molecule has 4 rings (SSSR count). The summed E-state index contributed by atoms with van der Waals surface area (Å²) in [4.78, 5) is 21.5. The summed E-state index contributed by atoms with van der Waals surface area (Å²) in [6, 6.07) is 7.46. The predicted octanol–water partition coefficient (Wildman–Crippen LogP) is 3.34. The number of amides is 1. The summed E-state index contributed by atoms with van der Waals surface area (Å²) in [6.45, 7) is 7.41. The number of hydrogen-bond donors (Lipinski definition) is 3. The lowest BCUT2D eigenvalue weighted by Gasteiger charge is -2.36. The number of ether oxygens (including phenoxy) is 2. The number of anilines is 2. The minimum atomic E-state index is -0.293. The molecule has 2 aliphatic rings. The number of carbonyl (C=O) groups is 1. The average Bonchev–Trinajstić information content (AvgIpc) is 2.79. The van der Waals surface area contributed by atoms with Crippen molar-refractivity contribution < 1.29 is 14.3 Å². The molecule has 1 amide bonds. The lowest BCUT2D eigenvalue weighted by atomic mass is 9.99. The summed E-state index contributed by atoms with van der Waals surface area (Å²) in [5.74, 6) is 1.10. The first-order chi connectivity index (χ1) is 15.4.